The van der Waals surface area contributed by atoms with Gasteiger partial charge in [0, 0.05) is 34.5 Å². The summed E-state index contributed by atoms with van der Waals surface area (Å²) in [4.78, 5) is 15.0. The van der Waals surface area contributed by atoms with E-state index in [1.807, 2.05) is 24.0 Å². The Balaban J connectivity index is 1.82. The number of carbonyl (C=O) groups excluding carboxylic acids is 1. The van der Waals surface area contributed by atoms with Gasteiger partial charge in [-0.15, -0.1) is 0 Å². The number of nitrogens with one attached hydrogen (secondary N) is 2. The summed E-state index contributed by atoms with van der Waals surface area (Å²) in [5, 5.41) is 12.6. The maximum atomic E-state index is 13.0. The molecule has 0 spiro atoms. The van der Waals surface area contributed by atoms with Crippen molar-refractivity contribution in [2.45, 2.75) is 11.8 Å². The Morgan fingerprint density at radius 3 is 2.21 bits per heavy atom. The minimum Gasteiger partial charge on any atom is -0.395 e. The molecule has 10 heteroatoms. The highest BCUT2D eigenvalue weighted by molar-refractivity contribution is 7.92. The minimum absolute atomic E-state index is 0.00662. The van der Waals surface area contributed by atoms with Crippen LogP contribution in [0, 0.1) is 0 Å². The van der Waals surface area contributed by atoms with Gasteiger partial charge in [0.05, 0.1) is 22.8 Å². The molecule has 0 atom stereocenters. The number of likely N-dealkylation sites (N-methyl/N-ethyl adjacent to an activating group) is 1. The second kappa shape index (κ2) is 10.9. The Labute approximate surface area is 203 Å². The fourth-order valence-corrected chi connectivity index (χ4v) is 4.53. The van der Waals surface area contributed by atoms with Crippen LogP contribution in [0.2, 0.25) is 10.0 Å². The molecule has 0 bridgehead atoms. The second-order valence-electron chi connectivity index (χ2n) is 7.05. The molecule has 3 rings (SSSR count). The summed E-state index contributed by atoms with van der Waals surface area (Å²) < 4.78 is 28.0. The highest BCUT2D eigenvalue weighted by atomic mass is 35.5. The molecule has 3 aromatic rings. The number of anilines is 3. The summed E-state index contributed by atoms with van der Waals surface area (Å²) in [6.07, 6.45) is 0. The zero-order valence-electron chi connectivity index (χ0n) is 17.8. The smallest absolute Gasteiger partial charge is 0.261 e. The van der Waals surface area contributed by atoms with Crippen LogP contribution in [-0.2, 0) is 10.0 Å². The van der Waals surface area contributed by atoms with Gasteiger partial charge in [-0.25, -0.2) is 8.42 Å². The van der Waals surface area contributed by atoms with E-state index in [0.717, 1.165) is 12.2 Å². The molecule has 3 N–H and O–H groups in total. The highest BCUT2D eigenvalue weighted by Crippen LogP contribution is 2.26. The van der Waals surface area contributed by atoms with Crippen LogP contribution in [0.4, 0.5) is 17.1 Å². The molecule has 0 unspecified atom stereocenters. The van der Waals surface area contributed by atoms with Crippen molar-refractivity contribution in [2.75, 3.05) is 34.6 Å². The second-order valence-corrected chi connectivity index (χ2v) is 9.61. The van der Waals surface area contributed by atoms with Crippen LogP contribution in [0.5, 0.6) is 0 Å². The Bertz CT molecular complexity index is 1220. The van der Waals surface area contributed by atoms with Crippen LogP contribution >= 0.6 is 23.2 Å². The first-order valence-corrected chi connectivity index (χ1v) is 12.3. The number of sulfonamides is 1. The van der Waals surface area contributed by atoms with Crippen molar-refractivity contribution in [3.63, 3.8) is 0 Å². The van der Waals surface area contributed by atoms with Crippen LogP contribution in [0.25, 0.3) is 0 Å². The summed E-state index contributed by atoms with van der Waals surface area (Å²) >= 11 is 11.9. The summed E-state index contributed by atoms with van der Waals surface area (Å²) in [5.74, 6) is -0.526. The predicted octanol–water partition coefficient (Wildman–Crippen LogP) is 4.87. The monoisotopic (exact) mass is 507 g/mol. The molecule has 0 radical (unpaired) electrons. The van der Waals surface area contributed by atoms with Gasteiger partial charge in [0.1, 0.15) is 0 Å². The van der Waals surface area contributed by atoms with Crippen molar-refractivity contribution in [1.82, 2.24) is 0 Å². The van der Waals surface area contributed by atoms with E-state index in [1.165, 1.54) is 42.5 Å². The molecular weight excluding hydrogens is 485 g/mol. The van der Waals surface area contributed by atoms with Gasteiger partial charge in [-0.2, -0.15) is 0 Å². The molecule has 3 aromatic carbocycles. The maximum Gasteiger partial charge on any atom is 0.261 e. The Morgan fingerprint density at radius 1 is 0.970 bits per heavy atom. The molecule has 0 fully saturated rings. The molecule has 7 nitrogen and oxygen atoms in total. The molecule has 0 heterocycles. The zero-order valence-corrected chi connectivity index (χ0v) is 20.1. The Hall–Kier alpha value is -2.78. The van der Waals surface area contributed by atoms with Gasteiger partial charge in [-0.1, -0.05) is 23.2 Å². The lowest BCUT2D eigenvalue weighted by molar-refractivity contribution is 0.102. The van der Waals surface area contributed by atoms with Crippen LogP contribution < -0.4 is 14.9 Å². The molecule has 0 aliphatic heterocycles. The Kier molecular flexibility index (Phi) is 8.20. The average molecular weight is 508 g/mol. The maximum absolute atomic E-state index is 13.0. The third-order valence-corrected chi connectivity index (χ3v) is 6.70. The molecule has 0 aliphatic carbocycles. The van der Waals surface area contributed by atoms with E-state index < -0.39 is 15.9 Å². The van der Waals surface area contributed by atoms with Gasteiger partial charge in [-0.05, 0) is 73.7 Å². The topological polar surface area (TPSA) is 98.7 Å². The van der Waals surface area contributed by atoms with Crippen LogP contribution in [0.1, 0.15) is 17.3 Å². The van der Waals surface area contributed by atoms with Gasteiger partial charge >= 0.3 is 0 Å². The number of benzene rings is 3. The zero-order chi connectivity index (χ0) is 24.0. The quantitative estimate of drug-likeness (QED) is 0.383. The fourth-order valence-electron chi connectivity index (χ4n) is 3.16. The highest BCUT2D eigenvalue weighted by Gasteiger charge is 2.19. The molecule has 0 saturated heterocycles. The normalized spacial score (nSPS) is 11.2. The Morgan fingerprint density at radius 2 is 1.61 bits per heavy atom. The lowest BCUT2D eigenvalue weighted by atomic mass is 10.1. The molecule has 0 saturated carbocycles. The van der Waals surface area contributed by atoms with Crippen molar-refractivity contribution in [2.24, 2.45) is 0 Å². The number of carbonyl (C=O) groups is 1. The third-order valence-electron chi connectivity index (χ3n) is 4.84. The first kappa shape index (κ1) is 24.9. The van der Waals surface area contributed by atoms with Crippen molar-refractivity contribution in [1.29, 1.82) is 0 Å². The van der Waals surface area contributed by atoms with E-state index in [-0.39, 0.29) is 27.8 Å². The number of aliphatic hydroxyl groups excluding tert-OH is 1. The van der Waals surface area contributed by atoms with Gasteiger partial charge in [-0.3, -0.25) is 9.52 Å². The number of hydrogen-bond donors (Lipinski definition) is 3. The summed E-state index contributed by atoms with van der Waals surface area (Å²) in [6.45, 7) is 3.25. The van der Waals surface area contributed by atoms with Crippen molar-refractivity contribution in [3.05, 3.63) is 82.3 Å². The number of amides is 1. The summed E-state index contributed by atoms with van der Waals surface area (Å²) in [5.41, 5.74) is 1.59. The van der Waals surface area contributed by atoms with E-state index in [0.29, 0.717) is 17.3 Å². The van der Waals surface area contributed by atoms with Crippen LogP contribution in [0.3, 0.4) is 0 Å². The first-order chi connectivity index (χ1) is 15.7. The van der Waals surface area contributed by atoms with Crippen molar-refractivity contribution in [3.8, 4) is 0 Å². The number of aliphatic hydroxyl groups is 1. The molecule has 174 valence electrons. The SMILES string of the molecule is CCN(CCO)c1ccc(NC(=O)c2cc(Cl)ccc2NS(=O)(=O)c2ccc(Cl)cc2)cc1. The first-order valence-electron chi connectivity index (χ1n) is 10.1. The average Bonchev–Trinajstić information content (AvgIpc) is 2.79. The molecule has 0 aliphatic rings. The van der Waals surface area contributed by atoms with E-state index in [2.05, 4.69) is 10.0 Å². The molecule has 0 aromatic heterocycles. The summed E-state index contributed by atoms with van der Waals surface area (Å²) in [6, 6.07) is 17.1. The van der Waals surface area contributed by atoms with Gasteiger partial charge in [0.2, 0.25) is 0 Å². The largest absolute Gasteiger partial charge is 0.395 e. The minimum atomic E-state index is -3.95. The fraction of sp³-hybridized carbons (Fsp3) is 0.174. The van der Waals surface area contributed by atoms with Crippen molar-refractivity contribution < 1.29 is 18.3 Å². The number of halogens is 2. The van der Waals surface area contributed by atoms with Crippen LogP contribution in [0.15, 0.2) is 71.6 Å². The van der Waals surface area contributed by atoms with Crippen LogP contribution in [-0.4, -0.2) is 39.1 Å². The van der Waals surface area contributed by atoms with E-state index >= 15 is 0 Å². The molecular formula is C23H23Cl2N3O4S. The number of nitrogens with zero attached hydrogens (tertiary/aromatic N) is 1. The predicted molar refractivity (Wildman–Crippen MR) is 133 cm³/mol. The molecule has 1 amide bonds. The lowest BCUT2D eigenvalue weighted by Crippen LogP contribution is -2.26. The number of rotatable bonds is 9. The van der Waals surface area contributed by atoms with E-state index in [4.69, 9.17) is 23.2 Å². The molecule has 33 heavy (non-hydrogen) atoms. The van der Waals surface area contributed by atoms with E-state index in [1.54, 1.807) is 12.1 Å². The van der Waals surface area contributed by atoms with Gasteiger partial charge < -0.3 is 15.3 Å². The van der Waals surface area contributed by atoms with E-state index in [9.17, 15) is 18.3 Å². The standard InChI is InChI=1S/C23H23Cl2N3O4S/c1-2-28(13-14-29)19-8-6-18(7-9-19)26-23(30)21-15-17(25)5-12-22(21)27-33(31,32)20-10-3-16(24)4-11-20/h3-12,15,27,29H,2,13-14H2,1H3,(H,26,30). The van der Waals surface area contributed by atoms with Crippen molar-refractivity contribution >= 4 is 56.2 Å². The number of hydrogen-bond acceptors (Lipinski definition) is 5. The lowest BCUT2D eigenvalue weighted by Gasteiger charge is -2.22. The summed E-state index contributed by atoms with van der Waals surface area (Å²) in [7, 11) is -3.95. The third kappa shape index (κ3) is 6.39. The van der Waals surface area contributed by atoms with Gasteiger partial charge in [0.15, 0.2) is 0 Å². The van der Waals surface area contributed by atoms with Gasteiger partial charge in [0.25, 0.3) is 15.9 Å².